The average molecular weight is 342 g/mol. The Bertz CT molecular complexity index is 742. The molecule has 2 unspecified atom stereocenters. The van der Waals surface area contributed by atoms with Crippen molar-refractivity contribution in [3.8, 4) is 22.6 Å². The normalized spacial score (nSPS) is 18.2. The van der Waals surface area contributed by atoms with Crippen LogP contribution in [0.4, 0.5) is 0 Å². The van der Waals surface area contributed by atoms with Crippen LogP contribution in [0.2, 0.25) is 0 Å². The van der Waals surface area contributed by atoms with Crippen molar-refractivity contribution in [2.24, 2.45) is 5.92 Å². The van der Waals surface area contributed by atoms with Crippen molar-refractivity contribution in [3.63, 3.8) is 0 Å². The van der Waals surface area contributed by atoms with E-state index in [0.717, 1.165) is 29.0 Å². The summed E-state index contributed by atoms with van der Waals surface area (Å²) in [5.41, 5.74) is 2.84. The van der Waals surface area contributed by atoms with E-state index in [0.29, 0.717) is 5.89 Å². The molecular formula is C20H17KNO2-. The van der Waals surface area contributed by atoms with Crippen molar-refractivity contribution in [3.05, 3.63) is 74.0 Å². The van der Waals surface area contributed by atoms with Crippen molar-refractivity contribution in [2.75, 3.05) is 0 Å². The Labute approximate surface area is 184 Å². The minimum absolute atomic E-state index is 0. The molecule has 3 aromatic rings. The van der Waals surface area contributed by atoms with Crippen molar-refractivity contribution >= 4 is 6.29 Å². The first-order chi connectivity index (χ1) is 10.9. The molecule has 0 aliphatic heterocycles. The number of hydrogen-bond donors (Lipinski definition) is 0. The smallest absolute Gasteiger partial charge is 0.541 e. The monoisotopic (exact) mass is 342 g/mol. The standard InChI is InChI=1S/C19H14NO2.CH3.K/c21-12-15-11-16(15)19-20-17(13-7-3-1-4-8-13)18(22-19)14-9-5-2-6-10-14;;/h1-10,15-16H,11H2;1H3;/q2*-1;+1. The summed E-state index contributed by atoms with van der Waals surface area (Å²) in [5.74, 6) is 1.42. The maximum absolute atomic E-state index is 10.8. The summed E-state index contributed by atoms with van der Waals surface area (Å²) in [6, 6.07) is 19.9. The van der Waals surface area contributed by atoms with Gasteiger partial charge in [-0.15, -0.1) is 5.92 Å². The molecule has 1 heterocycles. The maximum Gasteiger partial charge on any atom is 1.00 e. The molecule has 1 aromatic heterocycles. The van der Waals surface area contributed by atoms with Crippen LogP contribution in [0.1, 0.15) is 18.2 Å². The predicted octanol–water partition coefficient (Wildman–Crippen LogP) is 1.68. The Morgan fingerprint density at radius 3 is 2.08 bits per heavy atom. The molecule has 2 aromatic carbocycles. The molecule has 4 rings (SSSR count). The van der Waals surface area contributed by atoms with Gasteiger partial charge in [-0.3, -0.25) is 6.29 Å². The molecule has 1 fully saturated rings. The number of carbonyl (C=O) groups excluding carboxylic acids is 1. The molecule has 0 spiro atoms. The van der Waals surface area contributed by atoms with Crippen LogP contribution in [0, 0.1) is 13.3 Å². The van der Waals surface area contributed by atoms with Gasteiger partial charge < -0.3 is 16.6 Å². The van der Waals surface area contributed by atoms with Gasteiger partial charge in [0.15, 0.2) is 11.7 Å². The molecule has 1 aliphatic rings. The Balaban J connectivity index is 0.00000104. The van der Waals surface area contributed by atoms with Crippen LogP contribution >= 0.6 is 0 Å². The van der Waals surface area contributed by atoms with Crippen LogP contribution in [0.3, 0.4) is 0 Å². The van der Waals surface area contributed by atoms with Crippen LogP contribution in [-0.2, 0) is 4.79 Å². The van der Waals surface area contributed by atoms with E-state index in [9.17, 15) is 4.79 Å². The Morgan fingerprint density at radius 1 is 0.958 bits per heavy atom. The van der Waals surface area contributed by atoms with E-state index in [1.54, 1.807) is 0 Å². The van der Waals surface area contributed by atoms with E-state index in [-0.39, 0.29) is 70.6 Å². The van der Waals surface area contributed by atoms with Crippen molar-refractivity contribution < 1.29 is 60.6 Å². The summed E-state index contributed by atoms with van der Waals surface area (Å²) in [5, 5.41) is 0. The zero-order valence-electron chi connectivity index (χ0n) is 13.9. The molecule has 1 aliphatic carbocycles. The molecule has 3 nitrogen and oxygen atoms in total. The number of aromatic nitrogens is 1. The Kier molecular flexibility index (Phi) is 6.72. The fraction of sp³-hybridized carbons (Fsp3) is 0.150. The first-order valence-electron chi connectivity index (χ1n) is 7.36. The molecule has 0 radical (unpaired) electrons. The zero-order valence-corrected chi connectivity index (χ0v) is 17.0. The fourth-order valence-corrected chi connectivity index (χ4v) is 2.67. The fourth-order valence-electron chi connectivity index (χ4n) is 2.67. The van der Waals surface area contributed by atoms with Crippen molar-refractivity contribution in [1.29, 1.82) is 0 Å². The Hall–Kier alpha value is -1.04. The first kappa shape index (κ1) is 19.3. The van der Waals surface area contributed by atoms with Crippen molar-refractivity contribution in [2.45, 2.75) is 12.3 Å². The van der Waals surface area contributed by atoms with Crippen LogP contribution in [-0.4, -0.2) is 11.3 Å². The number of oxazole rings is 1. The van der Waals surface area contributed by atoms with Gasteiger partial charge in [0.1, 0.15) is 5.69 Å². The number of hydrogen-bond acceptors (Lipinski definition) is 3. The summed E-state index contributed by atoms with van der Waals surface area (Å²) in [6.07, 6.45) is 2.83. The molecule has 24 heavy (non-hydrogen) atoms. The third-order valence-corrected chi connectivity index (χ3v) is 3.99. The maximum atomic E-state index is 10.8. The second-order valence-electron chi connectivity index (χ2n) is 5.53. The van der Waals surface area contributed by atoms with Crippen LogP contribution in [0.15, 0.2) is 65.1 Å². The second-order valence-corrected chi connectivity index (χ2v) is 5.53. The molecule has 1 saturated carbocycles. The quantitative estimate of drug-likeness (QED) is 0.535. The molecule has 2 atom stereocenters. The first-order valence-corrected chi connectivity index (χ1v) is 7.36. The number of rotatable bonds is 4. The summed E-state index contributed by atoms with van der Waals surface area (Å²) >= 11 is 0. The van der Waals surface area contributed by atoms with Gasteiger partial charge in [-0.1, -0.05) is 67.1 Å². The van der Waals surface area contributed by atoms with E-state index < -0.39 is 0 Å². The van der Waals surface area contributed by atoms with E-state index in [1.165, 1.54) is 0 Å². The third kappa shape index (κ3) is 3.79. The zero-order chi connectivity index (χ0) is 14.9. The summed E-state index contributed by atoms with van der Waals surface area (Å²) < 4.78 is 6.02. The molecule has 116 valence electrons. The summed E-state index contributed by atoms with van der Waals surface area (Å²) in [7, 11) is 0. The van der Waals surface area contributed by atoms with Gasteiger partial charge in [-0.25, -0.2) is 4.98 Å². The van der Waals surface area contributed by atoms with Crippen LogP contribution in [0.25, 0.3) is 22.6 Å². The Morgan fingerprint density at radius 2 is 1.54 bits per heavy atom. The molecule has 0 bridgehead atoms. The van der Waals surface area contributed by atoms with Gasteiger partial charge in [-0.05, 0) is 0 Å². The second kappa shape index (κ2) is 8.36. The third-order valence-electron chi connectivity index (χ3n) is 3.99. The minimum atomic E-state index is -0.0640. The number of benzene rings is 2. The van der Waals surface area contributed by atoms with Gasteiger partial charge in [0.05, 0.1) is 0 Å². The molecule has 0 saturated heterocycles. The van der Waals surface area contributed by atoms with Crippen LogP contribution < -0.4 is 51.4 Å². The average Bonchev–Trinajstić information content (AvgIpc) is 3.26. The molecule has 0 N–H and O–H groups in total. The van der Waals surface area contributed by atoms with Gasteiger partial charge in [0, 0.05) is 17.0 Å². The van der Waals surface area contributed by atoms with Gasteiger partial charge >= 0.3 is 51.4 Å². The van der Waals surface area contributed by atoms with Crippen molar-refractivity contribution in [1.82, 2.24) is 4.98 Å². The van der Waals surface area contributed by atoms with Crippen LogP contribution in [0.5, 0.6) is 0 Å². The molecule has 4 heteroatoms. The van der Waals surface area contributed by atoms with Gasteiger partial charge in [0.2, 0.25) is 0 Å². The predicted molar refractivity (Wildman–Crippen MR) is 90.3 cm³/mol. The van der Waals surface area contributed by atoms with E-state index >= 15 is 0 Å². The molecule has 0 amide bonds. The van der Waals surface area contributed by atoms with E-state index in [1.807, 2.05) is 66.9 Å². The topological polar surface area (TPSA) is 43.1 Å². The largest absolute Gasteiger partial charge is 1.00 e. The minimum Gasteiger partial charge on any atom is -0.541 e. The summed E-state index contributed by atoms with van der Waals surface area (Å²) in [6.45, 7) is 0. The number of nitrogens with zero attached hydrogens (tertiary/aromatic N) is 1. The summed E-state index contributed by atoms with van der Waals surface area (Å²) in [4.78, 5) is 15.5. The SMILES string of the molecule is O=[C-]C1CC1c1nc(-c2ccccc2)c(-c2ccccc2)o1.[CH3-].[K+]. The van der Waals surface area contributed by atoms with E-state index in [2.05, 4.69) is 4.98 Å². The van der Waals surface area contributed by atoms with Gasteiger partial charge in [0.25, 0.3) is 0 Å². The van der Waals surface area contributed by atoms with E-state index in [4.69, 9.17) is 4.42 Å². The van der Waals surface area contributed by atoms with Gasteiger partial charge in [-0.2, -0.15) is 0 Å². The molecular weight excluding hydrogens is 325 g/mol.